The summed E-state index contributed by atoms with van der Waals surface area (Å²) in [5.74, 6) is 0. The number of thioether (sulfide) groups is 1. The van der Waals surface area contributed by atoms with Crippen molar-refractivity contribution >= 4 is 29.2 Å². The number of hydrogen-bond donors (Lipinski definition) is 0. The van der Waals surface area contributed by atoms with Crippen LogP contribution in [0.1, 0.15) is 5.56 Å². The van der Waals surface area contributed by atoms with E-state index in [0.717, 1.165) is 0 Å². The summed E-state index contributed by atoms with van der Waals surface area (Å²) in [5, 5.41) is 4.25. The van der Waals surface area contributed by atoms with Crippen LogP contribution in [0.15, 0.2) is 22.2 Å². The molecular weight excluding hydrogens is 148 g/mol. The van der Waals surface area contributed by atoms with Crippen LogP contribution in [-0.2, 0) is 0 Å². The van der Waals surface area contributed by atoms with E-state index in [1.807, 2.05) is 6.08 Å². The SMILES string of the molecule is C=Cc1cscc1SC. The van der Waals surface area contributed by atoms with Crippen molar-refractivity contribution in [1.29, 1.82) is 0 Å². The average Bonchev–Trinajstić information content (AvgIpc) is 2.33. The van der Waals surface area contributed by atoms with Gasteiger partial charge in [-0.05, 0) is 17.2 Å². The maximum atomic E-state index is 3.71. The van der Waals surface area contributed by atoms with Crippen LogP contribution in [0.4, 0.5) is 0 Å². The summed E-state index contributed by atoms with van der Waals surface area (Å²) < 4.78 is 0. The normalized spacial score (nSPS) is 9.44. The molecule has 0 saturated carbocycles. The zero-order valence-corrected chi connectivity index (χ0v) is 6.89. The summed E-state index contributed by atoms with van der Waals surface area (Å²) in [4.78, 5) is 1.33. The Kier molecular flexibility index (Phi) is 2.37. The molecule has 9 heavy (non-hydrogen) atoms. The quantitative estimate of drug-likeness (QED) is 0.593. The topological polar surface area (TPSA) is 0 Å². The molecule has 0 aliphatic heterocycles. The smallest absolute Gasteiger partial charge is 0.0248 e. The van der Waals surface area contributed by atoms with Gasteiger partial charge in [0.1, 0.15) is 0 Å². The Balaban J connectivity index is 2.98. The molecule has 0 saturated heterocycles. The lowest BCUT2D eigenvalue weighted by Gasteiger charge is -1.89. The minimum absolute atomic E-state index is 1.26. The lowest BCUT2D eigenvalue weighted by atomic mass is 10.3. The van der Waals surface area contributed by atoms with Gasteiger partial charge < -0.3 is 0 Å². The van der Waals surface area contributed by atoms with E-state index in [9.17, 15) is 0 Å². The standard InChI is InChI=1S/C7H8S2/c1-3-6-4-9-5-7(6)8-2/h3-5H,1H2,2H3. The molecule has 0 atom stereocenters. The second-order valence-corrected chi connectivity index (χ2v) is 3.19. The molecule has 1 rings (SSSR count). The first kappa shape index (κ1) is 6.90. The lowest BCUT2D eigenvalue weighted by Crippen LogP contribution is -1.64. The Morgan fingerprint density at radius 3 is 2.89 bits per heavy atom. The summed E-state index contributed by atoms with van der Waals surface area (Å²) in [6.45, 7) is 3.71. The van der Waals surface area contributed by atoms with Gasteiger partial charge in [-0.15, -0.1) is 11.8 Å². The maximum Gasteiger partial charge on any atom is 0.0248 e. The Morgan fingerprint density at radius 2 is 2.44 bits per heavy atom. The zero-order valence-electron chi connectivity index (χ0n) is 5.26. The van der Waals surface area contributed by atoms with E-state index < -0.39 is 0 Å². The molecule has 0 aromatic carbocycles. The summed E-state index contributed by atoms with van der Waals surface area (Å²) in [6, 6.07) is 0. The minimum Gasteiger partial charge on any atom is -0.151 e. The fourth-order valence-corrected chi connectivity index (χ4v) is 2.31. The first-order valence-corrected chi connectivity index (χ1v) is 4.78. The molecule has 2 heteroatoms. The predicted octanol–water partition coefficient (Wildman–Crippen LogP) is 3.11. The first-order valence-electron chi connectivity index (χ1n) is 2.61. The molecule has 1 aromatic heterocycles. The molecule has 0 amide bonds. The number of hydrogen-bond acceptors (Lipinski definition) is 2. The van der Waals surface area contributed by atoms with Crippen molar-refractivity contribution in [2.45, 2.75) is 4.90 Å². The van der Waals surface area contributed by atoms with E-state index in [-0.39, 0.29) is 0 Å². The van der Waals surface area contributed by atoms with Crippen LogP contribution in [0.25, 0.3) is 6.08 Å². The van der Waals surface area contributed by atoms with E-state index in [1.165, 1.54) is 10.5 Å². The predicted molar refractivity (Wildman–Crippen MR) is 46.2 cm³/mol. The van der Waals surface area contributed by atoms with Crippen molar-refractivity contribution in [2.24, 2.45) is 0 Å². The molecular formula is C7H8S2. The van der Waals surface area contributed by atoms with Gasteiger partial charge in [-0.2, -0.15) is 11.3 Å². The van der Waals surface area contributed by atoms with Gasteiger partial charge in [-0.25, -0.2) is 0 Å². The zero-order chi connectivity index (χ0) is 6.69. The van der Waals surface area contributed by atoms with Gasteiger partial charge in [-0.1, -0.05) is 12.7 Å². The van der Waals surface area contributed by atoms with Crippen LogP contribution in [0.5, 0.6) is 0 Å². The summed E-state index contributed by atoms with van der Waals surface area (Å²) >= 11 is 3.49. The van der Waals surface area contributed by atoms with Crippen molar-refractivity contribution in [3.05, 3.63) is 22.9 Å². The molecule has 0 nitrogen and oxygen atoms in total. The lowest BCUT2D eigenvalue weighted by molar-refractivity contribution is 1.55. The minimum atomic E-state index is 1.26. The third kappa shape index (κ3) is 1.37. The van der Waals surface area contributed by atoms with Crippen molar-refractivity contribution in [2.75, 3.05) is 6.26 Å². The van der Waals surface area contributed by atoms with E-state index in [1.54, 1.807) is 23.1 Å². The Morgan fingerprint density at radius 1 is 1.67 bits per heavy atom. The van der Waals surface area contributed by atoms with Gasteiger partial charge in [0, 0.05) is 10.3 Å². The molecule has 0 fully saturated rings. The van der Waals surface area contributed by atoms with Gasteiger partial charge in [0.05, 0.1) is 0 Å². The van der Waals surface area contributed by atoms with Gasteiger partial charge in [-0.3, -0.25) is 0 Å². The van der Waals surface area contributed by atoms with Crippen LogP contribution in [0, 0.1) is 0 Å². The van der Waals surface area contributed by atoms with Crippen molar-refractivity contribution in [1.82, 2.24) is 0 Å². The van der Waals surface area contributed by atoms with Gasteiger partial charge in [0.15, 0.2) is 0 Å². The maximum absolute atomic E-state index is 3.71. The summed E-state index contributed by atoms with van der Waals surface area (Å²) in [6.07, 6.45) is 3.97. The van der Waals surface area contributed by atoms with Crippen LogP contribution in [-0.4, -0.2) is 6.26 Å². The molecule has 0 bridgehead atoms. The Hall–Kier alpha value is -0.210. The molecule has 0 N–H and O–H groups in total. The molecule has 0 aliphatic carbocycles. The fraction of sp³-hybridized carbons (Fsp3) is 0.143. The van der Waals surface area contributed by atoms with Gasteiger partial charge in [0.25, 0.3) is 0 Å². The van der Waals surface area contributed by atoms with E-state index in [2.05, 4.69) is 23.6 Å². The highest BCUT2D eigenvalue weighted by Gasteiger charge is 1.95. The second kappa shape index (κ2) is 3.08. The second-order valence-electron chi connectivity index (χ2n) is 1.60. The van der Waals surface area contributed by atoms with Gasteiger partial charge >= 0.3 is 0 Å². The molecule has 0 radical (unpaired) electrons. The highest BCUT2D eigenvalue weighted by Crippen LogP contribution is 2.24. The molecule has 1 heterocycles. The van der Waals surface area contributed by atoms with Crippen LogP contribution < -0.4 is 0 Å². The third-order valence-corrected chi connectivity index (χ3v) is 2.80. The van der Waals surface area contributed by atoms with Gasteiger partial charge in [0.2, 0.25) is 0 Å². The fourth-order valence-electron chi connectivity index (χ4n) is 0.610. The first-order chi connectivity index (χ1) is 4.38. The van der Waals surface area contributed by atoms with Crippen molar-refractivity contribution < 1.29 is 0 Å². The molecule has 0 unspecified atom stereocenters. The molecule has 0 spiro atoms. The average molecular weight is 156 g/mol. The molecule has 48 valence electrons. The number of rotatable bonds is 2. The highest BCUT2D eigenvalue weighted by atomic mass is 32.2. The summed E-state index contributed by atoms with van der Waals surface area (Å²) in [5.41, 5.74) is 1.26. The van der Waals surface area contributed by atoms with Crippen molar-refractivity contribution in [3.63, 3.8) is 0 Å². The van der Waals surface area contributed by atoms with E-state index in [4.69, 9.17) is 0 Å². The van der Waals surface area contributed by atoms with Crippen LogP contribution in [0.2, 0.25) is 0 Å². The monoisotopic (exact) mass is 156 g/mol. The Labute approximate surface area is 63.6 Å². The largest absolute Gasteiger partial charge is 0.151 e. The van der Waals surface area contributed by atoms with Crippen molar-refractivity contribution in [3.8, 4) is 0 Å². The highest BCUT2D eigenvalue weighted by molar-refractivity contribution is 7.98. The number of thiophene rings is 1. The van der Waals surface area contributed by atoms with E-state index in [0.29, 0.717) is 0 Å². The molecule has 0 aliphatic rings. The Bertz CT molecular complexity index is 200. The summed E-state index contributed by atoms with van der Waals surface area (Å²) in [7, 11) is 0. The van der Waals surface area contributed by atoms with Crippen LogP contribution in [0.3, 0.4) is 0 Å². The third-order valence-electron chi connectivity index (χ3n) is 1.09. The van der Waals surface area contributed by atoms with E-state index >= 15 is 0 Å². The van der Waals surface area contributed by atoms with Crippen LogP contribution >= 0.6 is 23.1 Å². The molecule has 1 aromatic rings.